The lowest BCUT2D eigenvalue weighted by atomic mass is 10.0. The smallest absolute Gasteiger partial charge is 0.228 e. The van der Waals surface area contributed by atoms with Crippen molar-refractivity contribution >= 4 is 28.6 Å². The summed E-state index contributed by atoms with van der Waals surface area (Å²) in [5, 5.41) is 8.26. The molecule has 1 aliphatic heterocycles. The summed E-state index contributed by atoms with van der Waals surface area (Å²) in [6.45, 7) is 8.35. The molecule has 1 N–H and O–H groups in total. The molecular weight excluding hydrogens is 432 g/mol. The summed E-state index contributed by atoms with van der Waals surface area (Å²) in [7, 11) is 5.93. The van der Waals surface area contributed by atoms with Crippen molar-refractivity contribution in [1.29, 1.82) is 0 Å². The first kappa shape index (κ1) is 24.3. The third kappa shape index (κ3) is 5.45. The number of fused-ring (bicyclic) bond motifs is 1. The van der Waals surface area contributed by atoms with Crippen LogP contribution in [-0.4, -0.2) is 83.2 Å². The van der Waals surface area contributed by atoms with Gasteiger partial charge in [-0.1, -0.05) is 0 Å². The maximum absolute atomic E-state index is 5.60. The quantitative estimate of drug-likeness (QED) is 0.451. The van der Waals surface area contributed by atoms with Crippen molar-refractivity contribution in [2.24, 2.45) is 0 Å². The van der Waals surface area contributed by atoms with Crippen LogP contribution in [0.15, 0.2) is 18.3 Å². The summed E-state index contributed by atoms with van der Waals surface area (Å²) >= 11 is 0. The van der Waals surface area contributed by atoms with E-state index in [1.165, 1.54) is 0 Å². The zero-order chi connectivity index (χ0) is 24.1. The zero-order valence-corrected chi connectivity index (χ0v) is 20.9. The standard InChI is InChI=1S/C24H36N8O2/c1-6-34-14-13-32-22-21(19(29-32)16-33-5)27-24(31(4)18-8-11-30(3)12-9-18)28-23(22)26-20-15-17(2)7-10-25-20/h7,10,15,18H,6,8-9,11-14,16H2,1-5H3,(H,25,26,27,28). The normalized spacial score (nSPS) is 15.2. The first-order chi connectivity index (χ1) is 16.5. The van der Waals surface area contributed by atoms with Crippen molar-refractivity contribution in [3.05, 3.63) is 29.6 Å². The molecule has 0 aromatic carbocycles. The Kier molecular flexibility index (Phi) is 7.91. The minimum Gasteiger partial charge on any atom is -0.380 e. The van der Waals surface area contributed by atoms with E-state index >= 15 is 0 Å². The van der Waals surface area contributed by atoms with Gasteiger partial charge in [-0.3, -0.25) is 4.68 Å². The number of anilines is 3. The highest BCUT2D eigenvalue weighted by atomic mass is 16.5. The van der Waals surface area contributed by atoms with Crippen LogP contribution < -0.4 is 10.2 Å². The maximum Gasteiger partial charge on any atom is 0.228 e. The average Bonchev–Trinajstić information content (AvgIpc) is 3.17. The number of hydrogen-bond donors (Lipinski definition) is 1. The molecule has 10 nitrogen and oxygen atoms in total. The lowest BCUT2D eigenvalue weighted by Crippen LogP contribution is -2.42. The third-order valence-electron chi connectivity index (χ3n) is 6.29. The summed E-state index contributed by atoms with van der Waals surface area (Å²) in [4.78, 5) is 19.0. The van der Waals surface area contributed by atoms with Crippen LogP contribution in [0.1, 0.15) is 31.0 Å². The number of rotatable bonds is 10. The topological polar surface area (TPSA) is 93.5 Å². The summed E-state index contributed by atoms with van der Waals surface area (Å²) in [6, 6.07) is 4.37. The molecule has 0 aliphatic carbocycles. The molecule has 184 valence electrons. The Morgan fingerprint density at radius 2 is 2.03 bits per heavy atom. The molecule has 34 heavy (non-hydrogen) atoms. The summed E-state index contributed by atoms with van der Waals surface area (Å²) in [5.41, 5.74) is 3.53. The number of likely N-dealkylation sites (tertiary alicyclic amines) is 1. The van der Waals surface area contributed by atoms with E-state index in [2.05, 4.69) is 34.2 Å². The van der Waals surface area contributed by atoms with Gasteiger partial charge in [0.25, 0.3) is 0 Å². The van der Waals surface area contributed by atoms with E-state index in [0.717, 1.165) is 54.0 Å². The van der Waals surface area contributed by atoms with E-state index < -0.39 is 0 Å². The highest BCUT2D eigenvalue weighted by Crippen LogP contribution is 2.30. The number of pyridine rings is 1. The molecule has 0 atom stereocenters. The fourth-order valence-electron chi connectivity index (χ4n) is 4.34. The molecule has 1 aliphatic rings. The van der Waals surface area contributed by atoms with Crippen LogP contribution in [0, 0.1) is 6.92 Å². The molecule has 4 heterocycles. The fraction of sp³-hybridized carbons (Fsp3) is 0.583. The molecule has 0 amide bonds. The first-order valence-corrected chi connectivity index (χ1v) is 11.9. The predicted octanol–water partition coefficient (Wildman–Crippen LogP) is 2.99. The van der Waals surface area contributed by atoms with Crippen LogP contribution in [0.25, 0.3) is 11.0 Å². The van der Waals surface area contributed by atoms with Gasteiger partial charge in [0.15, 0.2) is 5.82 Å². The van der Waals surface area contributed by atoms with Crippen LogP contribution in [0.4, 0.5) is 17.6 Å². The van der Waals surface area contributed by atoms with Gasteiger partial charge in [-0.15, -0.1) is 0 Å². The van der Waals surface area contributed by atoms with E-state index in [9.17, 15) is 0 Å². The largest absolute Gasteiger partial charge is 0.380 e. The minimum atomic E-state index is 0.370. The molecule has 0 saturated carbocycles. The molecule has 1 fully saturated rings. The highest BCUT2D eigenvalue weighted by Gasteiger charge is 2.25. The van der Waals surface area contributed by atoms with Crippen LogP contribution >= 0.6 is 0 Å². The van der Waals surface area contributed by atoms with Crippen molar-refractivity contribution in [3.8, 4) is 0 Å². The van der Waals surface area contributed by atoms with Crippen molar-refractivity contribution in [2.75, 3.05) is 57.7 Å². The van der Waals surface area contributed by atoms with E-state index in [0.29, 0.717) is 44.2 Å². The van der Waals surface area contributed by atoms with Gasteiger partial charge in [0.05, 0.1) is 19.8 Å². The van der Waals surface area contributed by atoms with Crippen LogP contribution in [0.2, 0.25) is 0 Å². The van der Waals surface area contributed by atoms with Gasteiger partial charge >= 0.3 is 0 Å². The number of aryl methyl sites for hydroxylation is 1. The monoisotopic (exact) mass is 468 g/mol. The molecule has 3 aromatic rings. The SMILES string of the molecule is CCOCCn1nc(COC)c2nc(N(C)C3CCN(C)CC3)nc(Nc3cc(C)ccn3)c21. The van der Waals surface area contributed by atoms with Gasteiger partial charge in [0.1, 0.15) is 22.5 Å². The van der Waals surface area contributed by atoms with E-state index in [-0.39, 0.29) is 0 Å². The maximum atomic E-state index is 5.60. The molecule has 4 rings (SSSR count). The van der Waals surface area contributed by atoms with E-state index in [1.54, 1.807) is 13.3 Å². The van der Waals surface area contributed by atoms with Gasteiger partial charge in [-0.05, 0) is 64.5 Å². The summed E-state index contributed by atoms with van der Waals surface area (Å²) < 4.78 is 13.0. The second-order valence-corrected chi connectivity index (χ2v) is 8.86. The molecule has 3 aromatic heterocycles. The number of nitrogens with zero attached hydrogens (tertiary/aromatic N) is 7. The Balaban J connectivity index is 1.79. The molecule has 0 spiro atoms. The van der Waals surface area contributed by atoms with Crippen LogP contribution in [0.5, 0.6) is 0 Å². The minimum absolute atomic E-state index is 0.370. The fourth-order valence-corrected chi connectivity index (χ4v) is 4.34. The average molecular weight is 469 g/mol. The van der Waals surface area contributed by atoms with E-state index in [4.69, 9.17) is 24.5 Å². The lowest BCUT2D eigenvalue weighted by molar-refractivity contribution is 0.136. The lowest BCUT2D eigenvalue weighted by Gasteiger charge is -2.35. The van der Waals surface area contributed by atoms with Crippen molar-refractivity contribution < 1.29 is 9.47 Å². The number of hydrogen-bond acceptors (Lipinski definition) is 9. The number of aromatic nitrogens is 5. The van der Waals surface area contributed by atoms with Gasteiger partial charge in [0.2, 0.25) is 5.95 Å². The molecule has 0 unspecified atom stereocenters. The predicted molar refractivity (Wildman–Crippen MR) is 134 cm³/mol. The summed E-state index contributed by atoms with van der Waals surface area (Å²) in [5.74, 6) is 2.10. The van der Waals surface area contributed by atoms with Crippen LogP contribution in [0.3, 0.4) is 0 Å². The van der Waals surface area contributed by atoms with Crippen molar-refractivity contribution in [2.45, 2.75) is 45.9 Å². The summed E-state index contributed by atoms with van der Waals surface area (Å²) in [6.07, 6.45) is 3.95. The Morgan fingerprint density at radius 3 is 2.74 bits per heavy atom. The van der Waals surface area contributed by atoms with Gasteiger partial charge < -0.3 is 24.6 Å². The number of nitrogens with one attached hydrogen (secondary N) is 1. The third-order valence-corrected chi connectivity index (χ3v) is 6.29. The van der Waals surface area contributed by atoms with Gasteiger partial charge in [0, 0.05) is 33.0 Å². The Hall–Kier alpha value is -2.82. The molecule has 0 radical (unpaired) electrons. The van der Waals surface area contributed by atoms with Gasteiger partial charge in [-0.2, -0.15) is 10.1 Å². The number of ether oxygens (including phenoxy) is 2. The Labute approximate surface area is 201 Å². The second kappa shape index (κ2) is 11.1. The molecule has 10 heteroatoms. The molecule has 0 bridgehead atoms. The molecular formula is C24H36N8O2. The Bertz CT molecular complexity index is 1090. The highest BCUT2D eigenvalue weighted by molar-refractivity contribution is 5.90. The second-order valence-electron chi connectivity index (χ2n) is 8.86. The van der Waals surface area contributed by atoms with Crippen molar-refractivity contribution in [3.63, 3.8) is 0 Å². The zero-order valence-electron chi connectivity index (χ0n) is 20.9. The van der Waals surface area contributed by atoms with Crippen molar-refractivity contribution in [1.82, 2.24) is 29.6 Å². The molecule has 1 saturated heterocycles. The Morgan fingerprint density at radius 1 is 1.24 bits per heavy atom. The van der Waals surface area contributed by atoms with E-state index in [1.807, 2.05) is 30.7 Å². The van der Waals surface area contributed by atoms with Gasteiger partial charge in [-0.25, -0.2) is 9.97 Å². The number of piperidine rings is 1. The van der Waals surface area contributed by atoms with Crippen LogP contribution in [-0.2, 0) is 22.6 Å². The number of methoxy groups -OCH3 is 1. The first-order valence-electron chi connectivity index (χ1n) is 11.9.